The first kappa shape index (κ1) is 11.1. The van der Waals surface area contributed by atoms with Crippen molar-refractivity contribution in [3.05, 3.63) is 11.9 Å². The number of fused-ring (bicyclic) bond motifs is 1. The number of hydrogen-bond acceptors (Lipinski definition) is 3. The summed E-state index contributed by atoms with van der Waals surface area (Å²) in [5.41, 5.74) is 2.49. The van der Waals surface area contributed by atoms with Gasteiger partial charge < -0.3 is 4.90 Å². The minimum Gasteiger partial charge on any atom is -0.366 e. The predicted molar refractivity (Wildman–Crippen MR) is 69.4 cm³/mol. The second-order valence-electron chi connectivity index (χ2n) is 5.41. The molecule has 0 bridgehead atoms. The molecule has 0 aliphatic carbocycles. The van der Waals surface area contributed by atoms with E-state index in [-0.39, 0.29) is 0 Å². The third-order valence-corrected chi connectivity index (χ3v) is 4.17. The van der Waals surface area contributed by atoms with E-state index in [1.807, 2.05) is 11.7 Å². The van der Waals surface area contributed by atoms with Gasteiger partial charge >= 0.3 is 0 Å². The fourth-order valence-electron chi connectivity index (χ4n) is 3.27. The molecule has 1 atom stereocenters. The molecule has 4 nitrogen and oxygen atoms in total. The van der Waals surface area contributed by atoms with E-state index in [0.29, 0.717) is 0 Å². The molecule has 0 radical (unpaired) electrons. The molecule has 0 N–H and O–H groups in total. The molecule has 1 unspecified atom stereocenters. The van der Waals surface area contributed by atoms with E-state index in [9.17, 15) is 0 Å². The quantitative estimate of drug-likeness (QED) is 0.734. The van der Waals surface area contributed by atoms with Gasteiger partial charge in [0, 0.05) is 38.9 Å². The second kappa shape index (κ2) is 4.33. The van der Waals surface area contributed by atoms with Crippen molar-refractivity contribution in [2.45, 2.75) is 32.2 Å². The largest absolute Gasteiger partial charge is 0.366 e. The third-order valence-electron chi connectivity index (χ3n) is 4.17. The molecule has 2 fully saturated rings. The first-order valence-electron chi connectivity index (χ1n) is 6.73. The Balaban J connectivity index is 1.75. The summed E-state index contributed by atoms with van der Waals surface area (Å²) >= 11 is 0. The van der Waals surface area contributed by atoms with Crippen molar-refractivity contribution in [1.29, 1.82) is 0 Å². The molecule has 2 saturated heterocycles. The lowest BCUT2D eigenvalue weighted by Gasteiger charge is -2.44. The smallest absolute Gasteiger partial charge is 0.0827 e. The average Bonchev–Trinajstić information content (AvgIpc) is 2.68. The van der Waals surface area contributed by atoms with Gasteiger partial charge in [0.2, 0.25) is 0 Å². The van der Waals surface area contributed by atoms with E-state index in [0.717, 1.165) is 18.3 Å². The van der Waals surface area contributed by atoms with Crippen LogP contribution >= 0.6 is 0 Å². The summed E-state index contributed by atoms with van der Waals surface area (Å²) in [6, 6.07) is 0.775. The highest BCUT2D eigenvalue weighted by Gasteiger charge is 2.29. The number of piperidine rings is 1. The molecular weight excluding hydrogens is 212 g/mol. The van der Waals surface area contributed by atoms with E-state index in [1.54, 1.807) is 0 Å². The fourth-order valence-corrected chi connectivity index (χ4v) is 3.27. The van der Waals surface area contributed by atoms with Crippen molar-refractivity contribution in [3.8, 4) is 0 Å². The highest BCUT2D eigenvalue weighted by Crippen LogP contribution is 2.26. The van der Waals surface area contributed by atoms with Crippen molar-refractivity contribution in [1.82, 2.24) is 14.7 Å². The lowest BCUT2D eigenvalue weighted by Crippen LogP contribution is -2.55. The van der Waals surface area contributed by atoms with Gasteiger partial charge in [-0.15, -0.1) is 0 Å². The summed E-state index contributed by atoms with van der Waals surface area (Å²) in [5.74, 6) is 0. The minimum atomic E-state index is 0.775. The van der Waals surface area contributed by atoms with Gasteiger partial charge in [-0.1, -0.05) is 6.42 Å². The summed E-state index contributed by atoms with van der Waals surface area (Å²) in [5, 5.41) is 4.45. The number of piperazine rings is 1. The number of nitrogens with zero attached hydrogens (tertiary/aromatic N) is 4. The monoisotopic (exact) mass is 234 g/mol. The fraction of sp³-hybridized carbons (Fsp3) is 0.769. The zero-order valence-corrected chi connectivity index (χ0v) is 10.9. The summed E-state index contributed by atoms with van der Waals surface area (Å²) < 4.78 is 1.93. The molecule has 2 aliphatic rings. The van der Waals surface area contributed by atoms with Crippen LogP contribution in [0.4, 0.5) is 5.69 Å². The van der Waals surface area contributed by atoms with Crippen molar-refractivity contribution >= 4 is 5.69 Å². The Morgan fingerprint density at radius 2 is 2.12 bits per heavy atom. The zero-order valence-electron chi connectivity index (χ0n) is 10.9. The molecule has 17 heavy (non-hydrogen) atoms. The first-order valence-corrected chi connectivity index (χ1v) is 6.73. The summed E-state index contributed by atoms with van der Waals surface area (Å²) in [6.45, 7) is 6.99. The highest BCUT2D eigenvalue weighted by atomic mass is 15.3. The molecule has 3 heterocycles. The summed E-state index contributed by atoms with van der Waals surface area (Å²) in [6.07, 6.45) is 6.33. The standard InChI is InChI=1S/C13H22N4/c1-11-13(10-15(2)14-11)17-8-7-16-6-4-3-5-12(16)9-17/h10,12H,3-9H2,1-2H3. The Kier molecular flexibility index (Phi) is 2.82. The zero-order chi connectivity index (χ0) is 11.8. The lowest BCUT2D eigenvalue weighted by atomic mass is 9.99. The molecule has 94 valence electrons. The van der Waals surface area contributed by atoms with E-state index in [2.05, 4.69) is 28.0 Å². The van der Waals surface area contributed by atoms with E-state index in [4.69, 9.17) is 0 Å². The Morgan fingerprint density at radius 3 is 2.88 bits per heavy atom. The lowest BCUT2D eigenvalue weighted by molar-refractivity contribution is 0.133. The molecule has 1 aromatic heterocycles. The van der Waals surface area contributed by atoms with Crippen molar-refractivity contribution in [2.24, 2.45) is 7.05 Å². The van der Waals surface area contributed by atoms with Crippen LogP contribution in [0.3, 0.4) is 0 Å². The molecule has 1 aromatic rings. The maximum absolute atomic E-state index is 4.45. The van der Waals surface area contributed by atoms with Gasteiger partial charge in [-0.2, -0.15) is 5.10 Å². The van der Waals surface area contributed by atoms with Crippen LogP contribution in [0.1, 0.15) is 25.0 Å². The van der Waals surface area contributed by atoms with Crippen LogP contribution in [-0.2, 0) is 7.05 Å². The number of hydrogen-bond donors (Lipinski definition) is 0. The van der Waals surface area contributed by atoms with Crippen LogP contribution in [0.15, 0.2) is 6.20 Å². The minimum absolute atomic E-state index is 0.775. The van der Waals surface area contributed by atoms with E-state index >= 15 is 0 Å². The normalized spacial score (nSPS) is 26.0. The Morgan fingerprint density at radius 1 is 1.24 bits per heavy atom. The van der Waals surface area contributed by atoms with Gasteiger partial charge in [-0.25, -0.2) is 0 Å². The summed E-state index contributed by atoms with van der Waals surface area (Å²) in [7, 11) is 2.01. The van der Waals surface area contributed by atoms with Gasteiger partial charge in [0.1, 0.15) is 0 Å². The van der Waals surface area contributed by atoms with Gasteiger partial charge in [-0.05, 0) is 26.3 Å². The molecular formula is C13H22N4. The van der Waals surface area contributed by atoms with Gasteiger partial charge in [-0.3, -0.25) is 9.58 Å². The van der Waals surface area contributed by atoms with Crippen LogP contribution in [0.25, 0.3) is 0 Å². The summed E-state index contributed by atoms with van der Waals surface area (Å²) in [4.78, 5) is 5.19. The molecule has 0 aromatic carbocycles. The highest BCUT2D eigenvalue weighted by molar-refractivity contribution is 5.49. The van der Waals surface area contributed by atoms with E-state index < -0.39 is 0 Å². The van der Waals surface area contributed by atoms with E-state index in [1.165, 1.54) is 44.6 Å². The Hall–Kier alpha value is -1.03. The molecule has 0 saturated carbocycles. The van der Waals surface area contributed by atoms with Gasteiger partial charge in [0.15, 0.2) is 0 Å². The number of anilines is 1. The van der Waals surface area contributed by atoms with Crippen LogP contribution < -0.4 is 4.90 Å². The van der Waals surface area contributed by atoms with Crippen molar-refractivity contribution < 1.29 is 0 Å². The van der Waals surface area contributed by atoms with Crippen LogP contribution in [0.2, 0.25) is 0 Å². The Bertz CT molecular complexity index is 398. The molecule has 4 heteroatoms. The van der Waals surface area contributed by atoms with Crippen LogP contribution in [-0.4, -0.2) is 46.9 Å². The second-order valence-corrected chi connectivity index (χ2v) is 5.41. The molecule has 0 spiro atoms. The van der Waals surface area contributed by atoms with Gasteiger partial charge in [0.05, 0.1) is 11.4 Å². The number of aromatic nitrogens is 2. The first-order chi connectivity index (χ1) is 8.24. The SMILES string of the molecule is Cc1nn(C)cc1N1CCN2CCCCC2C1. The van der Waals surface area contributed by atoms with Gasteiger partial charge in [0.25, 0.3) is 0 Å². The van der Waals surface area contributed by atoms with Crippen LogP contribution in [0, 0.1) is 6.92 Å². The van der Waals surface area contributed by atoms with Crippen LogP contribution in [0.5, 0.6) is 0 Å². The number of rotatable bonds is 1. The molecule has 3 rings (SSSR count). The average molecular weight is 234 g/mol. The maximum Gasteiger partial charge on any atom is 0.0827 e. The molecule has 2 aliphatic heterocycles. The third kappa shape index (κ3) is 2.06. The molecule has 0 amide bonds. The number of aryl methyl sites for hydroxylation is 2. The van der Waals surface area contributed by atoms with Crippen molar-refractivity contribution in [2.75, 3.05) is 31.1 Å². The van der Waals surface area contributed by atoms with Crippen molar-refractivity contribution in [3.63, 3.8) is 0 Å². The predicted octanol–water partition coefficient (Wildman–Crippen LogP) is 1.40. The topological polar surface area (TPSA) is 24.3 Å². The maximum atomic E-state index is 4.45. The Labute approximate surface area is 103 Å².